The molecule has 0 atom stereocenters. The molecule has 0 saturated carbocycles. The molecule has 0 radical (unpaired) electrons. The molecule has 0 aromatic carbocycles. The summed E-state index contributed by atoms with van der Waals surface area (Å²) in [5, 5.41) is 14.4. The standard InChI is InChI=1S/C8H12ClN3O4S/c1-3-11-8(17(15,16)5-4-9)7(12(13)14)6(2)10-11/h3-5H2,1-2H3. The van der Waals surface area contributed by atoms with Crippen LogP contribution in [0.25, 0.3) is 0 Å². The molecule has 0 N–H and O–H groups in total. The van der Waals surface area contributed by atoms with Gasteiger partial charge in [-0.1, -0.05) is 0 Å². The van der Waals surface area contributed by atoms with Crippen LogP contribution >= 0.6 is 11.6 Å². The number of aromatic nitrogens is 2. The Labute approximate surface area is 103 Å². The van der Waals surface area contributed by atoms with E-state index in [9.17, 15) is 18.5 Å². The number of alkyl halides is 1. The van der Waals surface area contributed by atoms with Gasteiger partial charge in [0.15, 0.2) is 0 Å². The fourth-order valence-electron chi connectivity index (χ4n) is 1.48. The van der Waals surface area contributed by atoms with Crippen LogP contribution in [0.15, 0.2) is 5.03 Å². The van der Waals surface area contributed by atoms with Crippen molar-refractivity contribution in [1.82, 2.24) is 9.78 Å². The Kier molecular flexibility index (Phi) is 4.10. The number of nitro groups is 1. The molecule has 96 valence electrons. The molecule has 0 aliphatic rings. The van der Waals surface area contributed by atoms with Gasteiger partial charge in [-0.05, 0) is 13.8 Å². The number of sulfone groups is 1. The first kappa shape index (κ1) is 13.9. The van der Waals surface area contributed by atoms with E-state index in [1.54, 1.807) is 6.92 Å². The molecule has 0 fully saturated rings. The van der Waals surface area contributed by atoms with Crippen LogP contribution in [0, 0.1) is 17.0 Å². The summed E-state index contributed by atoms with van der Waals surface area (Å²) in [5.74, 6) is -0.464. The number of aryl methyl sites for hydroxylation is 2. The first-order valence-corrected chi connectivity index (χ1v) is 7.04. The molecule has 1 aromatic heterocycles. The number of halogens is 1. The summed E-state index contributed by atoms with van der Waals surface area (Å²) in [6.07, 6.45) is 0. The molecule has 7 nitrogen and oxygen atoms in total. The molecular formula is C8H12ClN3O4S. The van der Waals surface area contributed by atoms with Gasteiger partial charge < -0.3 is 0 Å². The zero-order valence-corrected chi connectivity index (χ0v) is 11.0. The molecule has 1 aromatic rings. The Bertz CT molecular complexity index is 537. The highest BCUT2D eigenvalue weighted by Crippen LogP contribution is 2.28. The molecule has 0 aliphatic heterocycles. The summed E-state index contributed by atoms with van der Waals surface area (Å²) < 4.78 is 24.9. The van der Waals surface area contributed by atoms with E-state index in [1.165, 1.54) is 6.92 Å². The minimum absolute atomic E-state index is 0.0880. The summed E-state index contributed by atoms with van der Waals surface area (Å²) in [6, 6.07) is 0. The van der Waals surface area contributed by atoms with Gasteiger partial charge in [-0.15, -0.1) is 11.6 Å². The predicted molar refractivity (Wildman–Crippen MR) is 62.1 cm³/mol. The summed E-state index contributed by atoms with van der Waals surface area (Å²) in [5.41, 5.74) is -0.373. The van der Waals surface area contributed by atoms with E-state index in [1.807, 2.05) is 0 Å². The van der Waals surface area contributed by atoms with Crippen LogP contribution in [0.1, 0.15) is 12.6 Å². The van der Waals surface area contributed by atoms with Crippen LogP contribution in [0.5, 0.6) is 0 Å². The zero-order chi connectivity index (χ0) is 13.2. The normalized spacial score (nSPS) is 11.7. The van der Waals surface area contributed by atoms with Crippen molar-refractivity contribution in [3.05, 3.63) is 15.8 Å². The lowest BCUT2D eigenvalue weighted by atomic mass is 10.4. The minimum Gasteiger partial charge on any atom is -0.258 e. The fourth-order valence-corrected chi connectivity index (χ4v) is 3.50. The second kappa shape index (κ2) is 5.01. The topological polar surface area (TPSA) is 95.1 Å². The highest BCUT2D eigenvalue weighted by atomic mass is 35.5. The average Bonchev–Trinajstić information content (AvgIpc) is 2.55. The van der Waals surface area contributed by atoms with Crippen molar-refractivity contribution < 1.29 is 13.3 Å². The smallest absolute Gasteiger partial charge is 0.258 e. The number of rotatable bonds is 5. The lowest BCUT2D eigenvalue weighted by molar-refractivity contribution is -0.388. The highest BCUT2D eigenvalue weighted by molar-refractivity contribution is 7.91. The van der Waals surface area contributed by atoms with Crippen LogP contribution in [0.2, 0.25) is 0 Å². The molecule has 1 heterocycles. The quantitative estimate of drug-likeness (QED) is 0.458. The number of nitrogens with zero attached hydrogens (tertiary/aromatic N) is 3. The molecule has 17 heavy (non-hydrogen) atoms. The fraction of sp³-hybridized carbons (Fsp3) is 0.625. The summed E-state index contributed by atoms with van der Waals surface area (Å²) in [7, 11) is -3.78. The number of hydrogen-bond donors (Lipinski definition) is 0. The van der Waals surface area contributed by atoms with Crippen molar-refractivity contribution in [2.75, 3.05) is 11.6 Å². The lowest BCUT2D eigenvalue weighted by Gasteiger charge is -2.03. The maximum absolute atomic E-state index is 11.9. The third-order valence-electron chi connectivity index (χ3n) is 2.17. The molecule has 0 amide bonds. The molecule has 0 spiro atoms. The van der Waals surface area contributed by atoms with E-state index in [2.05, 4.69) is 5.10 Å². The van der Waals surface area contributed by atoms with Gasteiger partial charge in [-0.25, -0.2) is 13.1 Å². The van der Waals surface area contributed by atoms with E-state index in [4.69, 9.17) is 11.6 Å². The van der Waals surface area contributed by atoms with Crippen molar-refractivity contribution in [1.29, 1.82) is 0 Å². The number of hydrogen-bond acceptors (Lipinski definition) is 5. The first-order chi connectivity index (χ1) is 7.85. The summed E-state index contributed by atoms with van der Waals surface area (Å²) in [4.78, 5) is 10.2. The Morgan fingerprint density at radius 3 is 2.53 bits per heavy atom. The zero-order valence-electron chi connectivity index (χ0n) is 9.38. The second-order valence-corrected chi connectivity index (χ2v) is 5.72. The maximum atomic E-state index is 11.9. The van der Waals surface area contributed by atoms with Gasteiger partial charge in [0, 0.05) is 12.4 Å². The Morgan fingerprint density at radius 1 is 1.53 bits per heavy atom. The van der Waals surface area contributed by atoms with Gasteiger partial charge in [-0.2, -0.15) is 5.10 Å². The van der Waals surface area contributed by atoms with Gasteiger partial charge in [0.25, 0.3) is 0 Å². The minimum atomic E-state index is -3.78. The molecule has 0 saturated heterocycles. The Hall–Kier alpha value is -1.15. The predicted octanol–water partition coefficient (Wildman–Crippen LogP) is 1.13. The van der Waals surface area contributed by atoms with Crippen LogP contribution < -0.4 is 0 Å². The molecule has 0 bridgehead atoms. The molecular weight excluding hydrogens is 270 g/mol. The van der Waals surface area contributed by atoms with Crippen LogP contribution in [0.3, 0.4) is 0 Å². The van der Waals surface area contributed by atoms with Crippen LogP contribution in [-0.4, -0.2) is 34.8 Å². The van der Waals surface area contributed by atoms with E-state index in [0.29, 0.717) is 0 Å². The second-order valence-electron chi connectivity index (χ2n) is 3.32. The van der Waals surface area contributed by atoms with Crippen molar-refractivity contribution in [2.24, 2.45) is 0 Å². The summed E-state index contributed by atoms with van der Waals surface area (Å²) in [6.45, 7) is 3.31. The molecule has 1 rings (SSSR count). The van der Waals surface area contributed by atoms with Crippen molar-refractivity contribution >= 4 is 27.1 Å². The van der Waals surface area contributed by atoms with E-state index in [0.717, 1.165) is 4.68 Å². The van der Waals surface area contributed by atoms with Gasteiger partial charge >= 0.3 is 5.69 Å². The van der Waals surface area contributed by atoms with Crippen molar-refractivity contribution in [3.63, 3.8) is 0 Å². The largest absolute Gasteiger partial charge is 0.328 e. The molecule has 0 aliphatic carbocycles. The van der Waals surface area contributed by atoms with Gasteiger partial charge in [-0.3, -0.25) is 10.1 Å². The van der Waals surface area contributed by atoms with Crippen molar-refractivity contribution in [2.45, 2.75) is 25.4 Å². The molecule has 0 unspecified atom stereocenters. The third-order valence-corrected chi connectivity index (χ3v) is 4.32. The van der Waals surface area contributed by atoms with Crippen LogP contribution in [-0.2, 0) is 16.4 Å². The summed E-state index contributed by atoms with van der Waals surface area (Å²) >= 11 is 5.39. The van der Waals surface area contributed by atoms with E-state index < -0.39 is 20.4 Å². The van der Waals surface area contributed by atoms with Gasteiger partial charge in [0.2, 0.25) is 14.9 Å². The average molecular weight is 282 g/mol. The van der Waals surface area contributed by atoms with Gasteiger partial charge in [0.1, 0.15) is 5.69 Å². The third kappa shape index (κ3) is 2.58. The van der Waals surface area contributed by atoms with E-state index in [-0.39, 0.29) is 28.9 Å². The maximum Gasteiger partial charge on any atom is 0.328 e. The molecule has 9 heteroatoms. The van der Waals surface area contributed by atoms with Crippen LogP contribution in [0.4, 0.5) is 5.69 Å². The Balaban J connectivity index is 3.54. The lowest BCUT2D eigenvalue weighted by Crippen LogP contribution is -2.15. The van der Waals surface area contributed by atoms with E-state index >= 15 is 0 Å². The SMILES string of the molecule is CCn1nc(C)c([N+](=O)[O-])c1S(=O)(=O)CCCl. The monoisotopic (exact) mass is 281 g/mol. The van der Waals surface area contributed by atoms with Crippen molar-refractivity contribution in [3.8, 4) is 0 Å². The van der Waals surface area contributed by atoms with Gasteiger partial charge in [0.05, 0.1) is 10.7 Å². The Morgan fingerprint density at radius 2 is 2.12 bits per heavy atom. The highest BCUT2D eigenvalue weighted by Gasteiger charge is 2.33. The first-order valence-electron chi connectivity index (χ1n) is 4.85.